The van der Waals surface area contributed by atoms with Crippen molar-refractivity contribution in [1.82, 2.24) is 4.98 Å². The second-order valence-corrected chi connectivity index (χ2v) is 7.00. The summed E-state index contributed by atoms with van der Waals surface area (Å²) < 4.78 is 0. The summed E-state index contributed by atoms with van der Waals surface area (Å²) in [6.45, 7) is 0. The molecular weight excluding hydrogens is 292 g/mol. The predicted molar refractivity (Wildman–Crippen MR) is 100.0 cm³/mol. The van der Waals surface area contributed by atoms with Crippen molar-refractivity contribution in [2.24, 2.45) is 0 Å². The molecule has 1 aliphatic heterocycles. The van der Waals surface area contributed by atoms with Crippen molar-refractivity contribution in [3.63, 3.8) is 0 Å². The van der Waals surface area contributed by atoms with Crippen molar-refractivity contribution in [3.05, 3.63) is 48.3 Å². The SMILES string of the molecule is C#CC1CCc2ccc(-c3ccncc3)cc2N1C1CCCCC1. The van der Waals surface area contributed by atoms with Crippen LogP contribution in [0.5, 0.6) is 0 Å². The quantitative estimate of drug-likeness (QED) is 0.737. The summed E-state index contributed by atoms with van der Waals surface area (Å²) in [4.78, 5) is 6.71. The van der Waals surface area contributed by atoms with Crippen molar-refractivity contribution >= 4 is 5.69 Å². The Morgan fingerprint density at radius 1 is 0.958 bits per heavy atom. The molecule has 1 saturated carbocycles. The van der Waals surface area contributed by atoms with Crippen LogP contribution < -0.4 is 4.90 Å². The molecule has 0 N–H and O–H groups in total. The smallest absolute Gasteiger partial charge is 0.0907 e. The number of nitrogens with zero attached hydrogens (tertiary/aromatic N) is 2. The zero-order valence-electron chi connectivity index (χ0n) is 14.1. The maximum atomic E-state index is 5.91. The van der Waals surface area contributed by atoms with E-state index in [2.05, 4.69) is 46.1 Å². The number of fused-ring (bicyclic) bond motifs is 1. The Hall–Kier alpha value is -2.27. The molecule has 1 aromatic heterocycles. The largest absolute Gasteiger partial charge is 0.354 e. The molecule has 122 valence electrons. The van der Waals surface area contributed by atoms with Gasteiger partial charge in [0.2, 0.25) is 0 Å². The van der Waals surface area contributed by atoms with Gasteiger partial charge < -0.3 is 4.90 Å². The second-order valence-electron chi connectivity index (χ2n) is 7.00. The number of hydrogen-bond acceptors (Lipinski definition) is 2. The van der Waals surface area contributed by atoms with E-state index in [1.807, 2.05) is 12.4 Å². The molecule has 0 radical (unpaired) electrons. The van der Waals surface area contributed by atoms with Crippen molar-refractivity contribution in [2.45, 2.75) is 57.0 Å². The van der Waals surface area contributed by atoms with Gasteiger partial charge >= 0.3 is 0 Å². The van der Waals surface area contributed by atoms with Gasteiger partial charge in [-0.05, 0) is 60.6 Å². The summed E-state index contributed by atoms with van der Waals surface area (Å²) in [5.74, 6) is 3.07. The predicted octanol–water partition coefficient (Wildman–Crippen LogP) is 4.84. The summed E-state index contributed by atoms with van der Waals surface area (Å²) in [6, 6.07) is 11.9. The van der Waals surface area contributed by atoms with E-state index in [4.69, 9.17) is 6.42 Å². The van der Waals surface area contributed by atoms with E-state index in [0.717, 1.165) is 12.8 Å². The van der Waals surface area contributed by atoms with Crippen LogP contribution in [-0.2, 0) is 6.42 Å². The molecule has 24 heavy (non-hydrogen) atoms. The van der Waals surface area contributed by atoms with Gasteiger partial charge in [-0.3, -0.25) is 4.98 Å². The van der Waals surface area contributed by atoms with Crippen LogP contribution in [-0.4, -0.2) is 17.1 Å². The minimum Gasteiger partial charge on any atom is -0.354 e. The molecule has 0 bridgehead atoms. The zero-order valence-corrected chi connectivity index (χ0v) is 14.1. The van der Waals surface area contributed by atoms with E-state index in [0.29, 0.717) is 6.04 Å². The van der Waals surface area contributed by atoms with Gasteiger partial charge in [-0.1, -0.05) is 37.3 Å². The zero-order chi connectivity index (χ0) is 16.4. The normalized spacial score (nSPS) is 21.1. The minimum atomic E-state index is 0.244. The Balaban J connectivity index is 1.76. The van der Waals surface area contributed by atoms with Crippen molar-refractivity contribution in [2.75, 3.05) is 4.90 Å². The lowest BCUT2D eigenvalue weighted by atomic mass is 9.87. The summed E-state index contributed by atoms with van der Waals surface area (Å²) in [5, 5.41) is 0. The molecule has 2 heteroatoms. The van der Waals surface area contributed by atoms with Gasteiger partial charge in [-0.25, -0.2) is 0 Å². The number of aromatic nitrogens is 1. The van der Waals surface area contributed by atoms with E-state index in [1.165, 1.54) is 54.5 Å². The number of terminal acetylenes is 1. The molecule has 2 nitrogen and oxygen atoms in total. The highest BCUT2D eigenvalue weighted by Crippen LogP contribution is 2.38. The summed E-state index contributed by atoms with van der Waals surface area (Å²) in [5.41, 5.74) is 5.30. The van der Waals surface area contributed by atoms with Gasteiger partial charge in [0, 0.05) is 24.1 Å². The Morgan fingerprint density at radius 2 is 1.75 bits per heavy atom. The topological polar surface area (TPSA) is 16.1 Å². The first kappa shape index (κ1) is 15.3. The molecule has 1 fully saturated rings. The highest BCUT2D eigenvalue weighted by atomic mass is 15.2. The maximum absolute atomic E-state index is 5.91. The molecule has 1 atom stereocenters. The van der Waals surface area contributed by atoms with Gasteiger partial charge in [-0.15, -0.1) is 6.42 Å². The van der Waals surface area contributed by atoms with Crippen LogP contribution in [0.25, 0.3) is 11.1 Å². The fraction of sp³-hybridized carbons (Fsp3) is 0.409. The molecule has 2 aromatic rings. The van der Waals surface area contributed by atoms with Crippen molar-refractivity contribution in [3.8, 4) is 23.5 Å². The summed E-state index contributed by atoms with van der Waals surface area (Å²) >= 11 is 0. The monoisotopic (exact) mass is 316 g/mol. The van der Waals surface area contributed by atoms with Crippen LogP contribution in [0.2, 0.25) is 0 Å². The van der Waals surface area contributed by atoms with E-state index in [9.17, 15) is 0 Å². The fourth-order valence-corrected chi connectivity index (χ4v) is 4.31. The van der Waals surface area contributed by atoms with Crippen LogP contribution in [0.3, 0.4) is 0 Å². The summed E-state index contributed by atoms with van der Waals surface area (Å²) in [7, 11) is 0. The Labute approximate surface area is 144 Å². The van der Waals surface area contributed by atoms with E-state index in [-0.39, 0.29) is 6.04 Å². The Morgan fingerprint density at radius 3 is 2.50 bits per heavy atom. The lowest BCUT2D eigenvalue weighted by Gasteiger charge is -2.43. The van der Waals surface area contributed by atoms with E-state index < -0.39 is 0 Å². The average molecular weight is 316 g/mol. The molecular formula is C22H24N2. The maximum Gasteiger partial charge on any atom is 0.0907 e. The molecule has 1 unspecified atom stereocenters. The number of anilines is 1. The summed E-state index contributed by atoms with van der Waals surface area (Å²) in [6.07, 6.45) is 18.4. The van der Waals surface area contributed by atoms with Crippen LogP contribution in [0.15, 0.2) is 42.7 Å². The lowest BCUT2D eigenvalue weighted by molar-refractivity contribution is 0.392. The molecule has 2 heterocycles. The first-order valence-corrected chi connectivity index (χ1v) is 9.14. The molecule has 4 rings (SSSR count). The molecule has 0 spiro atoms. The second kappa shape index (κ2) is 6.69. The minimum absolute atomic E-state index is 0.244. The van der Waals surface area contributed by atoms with Crippen LogP contribution in [0.1, 0.15) is 44.1 Å². The third kappa shape index (κ3) is 2.80. The van der Waals surface area contributed by atoms with Crippen LogP contribution >= 0.6 is 0 Å². The van der Waals surface area contributed by atoms with Gasteiger partial charge in [0.1, 0.15) is 0 Å². The van der Waals surface area contributed by atoms with Gasteiger partial charge in [-0.2, -0.15) is 0 Å². The molecule has 1 aliphatic carbocycles. The number of rotatable bonds is 2. The highest BCUT2D eigenvalue weighted by molar-refractivity contribution is 5.72. The Kier molecular flexibility index (Phi) is 4.26. The lowest BCUT2D eigenvalue weighted by Crippen LogP contribution is -2.46. The van der Waals surface area contributed by atoms with Crippen molar-refractivity contribution in [1.29, 1.82) is 0 Å². The third-order valence-corrected chi connectivity index (χ3v) is 5.56. The Bertz CT molecular complexity index is 738. The van der Waals surface area contributed by atoms with Crippen LogP contribution in [0.4, 0.5) is 5.69 Å². The first-order chi connectivity index (χ1) is 11.9. The third-order valence-electron chi connectivity index (χ3n) is 5.56. The molecule has 0 saturated heterocycles. The average Bonchev–Trinajstić information content (AvgIpc) is 2.68. The van der Waals surface area contributed by atoms with Crippen LogP contribution in [0, 0.1) is 12.3 Å². The number of pyridine rings is 1. The van der Waals surface area contributed by atoms with Gasteiger partial charge in [0.25, 0.3) is 0 Å². The van der Waals surface area contributed by atoms with E-state index in [1.54, 1.807) is 0 Å². The fourth-order valence-electron chi connectivity index (χ4n) is 4.31. The van der Waals surface area contributed by atoms with Gasteiger partial charge in [0.05, 0.1) is 6.04 Å². The number of benzene rings is 1. The first-order valence-electron chi connectivity index (χ1n) is 9.14. The molecule has 1 aromatic carbocycles. The van der Waals surface area contributed by atoms with Crippen molar-refractivity contribution < 1.29 is 0 Å². The molecule has 0 amide bonds. The molecule has 2 aliphatic rings. The standard InChI is InChI=1S/C22H24N2/c1-2-20-11-10-18-8-9-19(17-12-14-23-15-13-17)16-22(18)24(20)21-6-4-3-5-7-21/h1,8-9,12-16,20-21H,3-7,10-11H2. The number of hydrogen-bond donors (Lipinski definition) is 0. The van der Waals surface area contributed by atoms with Gasteiger partial charge in [0.15, 0.2) is 0 Å². The number of aryl methyl sites for hydroxylation is 1. The highest BCUT2D eigenvalue weighted by Gasteiger charge is 2.31. The van der Waals surface area contributed by atoms with E-state index >= 15 is 0 Å².